The van der Waals surface area contributed by atoms with Crippen molar-refractivity contribution in [2.24, 2.45) is 11.8 Å². The molecule has 11 nitrogen and oxygen atoms in total. The lowest BCUT2D eigenvalue weighted by Crippen LogP contribution is -2.48. The molecule has 0 unspecified atom stereocenters. The van der Waals surface area contributed by atoms with Crippen LogP contribution in [0.25, 0.3) is 6.08 Å². The van der Waals surface area contributed by atoms with Crippen molar-refractivity contribution in [1.29, 1.82) is 0 Å². The zero-order chi connectivity index (χ0) is 32.5. The second-order valence-electron chi connectivity index (χ2n) is 12.8. The van der Waals surface area contributed by atoms with Gasteiger partial charge in [-0.05, 0) is 68.0 Å². The predicted octanol–water partition coefficient (Wildman–Crippen LogP) is 3.83. The normalized spacial score (nSPS) is 29.7. The molecule has 3 heterocycles. The number of amides is 2. The maximum absolute atomic E-state index is 13.0. The molecule has 11 heteroatoms. The van der Waals surface area contributed by atoms with Crippen LogP contribution in [-0.4, -0.2) is 114 Å². The van der Waals surface area contributed by atoms with Crippen LogP contribution in [0.2, 0.25) is 0 Å². The summed E-state index contributed by atoms with van der Waals surface area (Å²) in [7, 11) is 2.03. The third-order valence-corrected chi connectivity index (χ3v) is 8.84. The van der Waals surface area contributed by atoms with Gasteiger partial charge >= 0.3 is 18.2 Å². The monoisotopic (exact) mass is 627 g/mol. The third-order valence-electron chi connectivity index (χ3n) is 8.84. The molecule has 6 atom stereocenters. The van der Waals surface area contributed by atoms with Crippen molar-refractivity contribution in [2.75, 3.05) is 46.3 Å². The number of likely N-dealkylation sites (tertiary alicyclic amines) is 1. The number of esters is 1. The fraction of sp³-hybridized carbons (Fsp3) is 0.618. The Labute approximate surface area is 266 Å². The molecule has 2 amide bonds. The van der Waals surface area contributed by atoms with Gasteiger partial charge in [-0.3, -0.25) is 4.79 Å². The van der Waals surface area contributed by atoms with Crippen LogP contribution >= 0.6 is 0 Å². The van der Waals surface area contributed by atoms with Crippen LogP contribution in [0.15, 0.2) is 42.0 Å². The molecule has 3 aliphatic rings. The number of rotatable bonds is 5. The number of benzene rings is 1. The zero-order valence-electron chi connectivity index (χ0n) is 27.0. The van der Waals surface area contributed by atoms with E-state index in [2.05, 4.69) is 4.90 Å². The van der Waals surface area contributed by atoms with Crippen molar-refractivity contribution < 1.29 is 38.8 Å². The molecule has 1 aromatic carbocycles. The highest BCUT2D eigenvalue weighted by Gasteiger charge is 2.29. The molecule has 2 saturated heterocycles. The summed E-state index contributed by atoms with van der Waals surface area (Å²) in [6, 6.07) is 7.57. The number of hydrogen-bond donors (Lipinski definition) is 2. The molecule has 0 bridgehead atoms. The molecule has 0 aromatic heterocycles. The van der Waals surface area contributed by atoms with Gasteiger partial charge in [-0.2, -0.15) is 0 Å². The molecule has 4 rings (SSSR count). The summed E-state index contributed by atoms with van der Waals surface area (Å²) >= 11 is 0. The van der Waals surface area contributed by atoms with Crippen LogP contribution in [0.3, 0.4) is 0 Å². The quantitative estimate of drug-likeness (QED) is 0.284. The van der Waals surface area contributed by atoms with E-state index in [1.54, 1.807) is 4.90 Å². The van der Waals surface area contributed by atoms with Crippen LogP contribution in [0.4, 0.5) is 9.59 Å². The Morgan fingerprint density at radius 3 is 2.44 bits per heavy atom. The topological polar surface area (TPSA) is 129 Å². The summed E-state index contributed by atoms with van der Waals surface area (Å²) in [5.41, 5.74) is 2.45. The third kappa shape index (κ3) is 10.3. The first kappa shape index (κ1) is 34.5. The van der Waals surface area contributed by atoms with Crippen LogP contribution < -0.4 is 0 Å². The van der Waals surface area contributed by atoms with E-state index >= 15 is 0 Å². The highest BCUT2D eigenvalue weighted by atomic mass is 16.6. The lowest BCUT2D eigenvalue weighted by molar-refractivity contribution is -0.151. The Balaban J connectivity index is 1.47. The van der Waals surface area contributed by atoms with E-state index in [1.165, 1.54) is 4.90 Å². The minimum Gasteiger partial charge on any atom is -0.457 e. The maximum atomic E-state index is 13.0. The Kier molecular flexibility index (Phi) is 12.4. The number of cyclic esters (lactones) is 1. The van der Waals surface area contributed by atoms with Gasteiger partial charge in [0.2, 0.25) is 0 Å². The first-order valence-corrected chi connectivity index (χ1v) is 16.1. The molecular weight excluding hydrogens is 578 g/mol. The van der Waals surface area contributed by atoms with Crippen molar-refractivity contribution in [3.63, 3.8) is 0 Å². The molecule has 2 N–H and O–H groups in total. The van der Waals surface area contributed by atoms with E-state index in [0.29, 0.717) is 38.9 Å². The Bertz CT molecular complexity index is 1230. The molecular formula is C34H49N3O8. The smallest absolute Gasteiger partial charge is 0.410 e. The molecule has 248 valence electrons. The largest absolute Gasteiger partial charge is 0.457 e. The van der Waals surface area contributed by atoms with Crippen LogP contribution in [0.1, 0.15) is 57.6 Å². The summed E-state index contributed by atoms with van der Waals surface area (Å²) in [5.74, 6) is -0.782. The molecule has 0 radical (unpaired) electrons. The molecule has 0 aliphatic carbocycles. The van der Waals surface area contributed by atoms with Crippen LogP contribution in [0, 0.1) is 11.8 Å². The molecule has 2 fully saturated rings. The van der Waals surface area contributed by atoms with Gasteiger partial charge in [0.15, 0.2) is 0 Å². The molecule has 45 heavy (non-hydrogen) atoms. The van der Waals surface area contributed by atoms with Crippen molar-refractivity contribution in [3.8, 4) is 0 Å². The average molecular weight is 628 g/mol. The van der Waals surface area contributed by atoms with E-state index in [9.17, 15) is 24.6 Å². The SMILES string of the molecule is C/C(=C\c1cccc(COC(=O)N2CC[C@@H](O)C2)c1)[C@H]1OC(=O)C[C@H](O)CC[C@H](C)[C@@H](OC(=O)N2CCN(C)CC2)/C=C/[C@@H]1C. The summed E-state index contributed by atoms with van der Waals surface area (Å²) in [4.78, 5) is 43.7. The second-order valence-corrected chi connectivity index (χ2v) is 12.8. The first-order chi connectivity index (χ1) is 21.5. The second kappa shape index (κ2) is 16.2. The van der Waals surface area contributed by atoms with Crippen LogP contribution in [0.5, 0.6) is 0 Å². The van der Waals surface area contributed by atoms with Crippen LogP contribution in [-0.2, 0) is 25.6 Å². The van der Waals surface area contributed by atoms with Crippen molar-refractivity contribution in [2.45, 2.75) is 77.5 Å². The van der Waals surface area contributed by atoms with Gasteiger partial charge in [0, 0.05) is 45.2 Å². The van der Waals surface area contributed by atoms with E-state index in [0.717, 1.165) is 29.8 Å². The summed E-state index contributed by atoms with van der Waals surface area (Å²) in [6.07, 6.45) is 3.90. The summed E-state index contributed by atoms with van der Waals surface area (Å²) < 4.78 is 17.4. The number of hydrogen-bond acceptors (Lipinski definition) is 9. The number of β-amino-alcohol motifs (C(OH)–C–C–N with tert-alkyl or cyclic N) is 1. The number of likely N-dealkylation sites (N-methyl/N-ethyl adjacent to an activating group) is 1. The number of carbonyl (C=O) groups excluding carboxylic acids is 3. The lowest BCUT2D eigenvalue weighted by atomic mass is 9.91. The Hall–Kier alpha value is -3.41. The van der Waals surface area contributed by atoms with Gasteiger partial charge in [0.05, 0.1) is 18.6 Å². The van der Waals surface area contributed by atoms with Gasteiger partial charge < -0.3 is 39.1 Å². The number of carbonyl (C=O) groups is 3. The number of aliphatic hydroxyl groups is 2. The van der Waals surface area contributed by atoms with Gasteiger partial charge in [-0.1, -0.05) is 44.2 Å². The van der Waals surface area contributed by atoms with Crippen molar-refractivity contribution >= 4 is 24.2 Å². The van der Waals surface area contributed by atoms with Crippen molar-refractivity contribution in [3.05, 3.63) is 53.1 Å². The van der Waals surface area contributed by atoms with E-state index in [4.69, 9.17) is 14.2 Å². The average Bonchev–Trinajstić information content (AvgIpc) is 3.45. The number of piperazine rings is 1. The van der Waals surface area contributed by atoms with E-state index < -0.39 is 36.5 Å². The molecule has 1 aromatic rings. The van der Waals surface area contributed by atoms with E-state index in [-0.39, 0.29) is 37.5 Å². The lowest BCUT2D eigenvalue weighted by Gasteiger charge is -2.33. The summed E-state index contributed by atoms with van der Waals surface area (Å²) in [5, 5.41) is 20.3. The molecule has 0 saturated carbocycles. The van der Waals surface area contributed by atoms with Gasteiger partial charge in [-0.25, -0.2) is 9.59 Å². The van der Waals surface area contributed by atoms with Crippen molar-refractivity contribution in [1.82, 2.24) is 14.7 Å². The highest BCUT2D eigenvalue weighted by Crippen LogP contribution is 2.26. The van der Waals surface area contributed by atoms with E-state index in [1.807, 2.05) is 70.3 Å². The maximum Gasteiger partial charge on any atom is 0.410 e. The standard InChI is InChI=1S/C34H49N3O8/c1-23-8-10-28(38)20-31(40)45-32(24(2)9-11-30(23)44-34(42)36-16-14-35(4)15-17-36)25(3)18-26-6-5-7-27(19-26)22-43-33(41)37-13-12-29(39)21-37/h5-7,9,11,18-19,23-24,28-30,32,38-39H,8,10,12-17,20-22H2,1-4H3/b11-9+,25-18+/t23-,24-,28+,29+,30-,32-/m0/s1. The fourth-order valence-corrected chi connectivity index (χ4v) is 5.89. The first-order valence-electron chi connectivity index (χ1n) is 16.1. The highest BCUT2D eigenvalue weighted by molar-refractivity contribution is 5.71. The Morgan fingerprint density at radius 1 is 0.978 bits per heavy atom. The predicted molar refractivity (Wildman–Crippen MR) is 169 cm³/mol. The summed E-state index contributed by atoms with van der Waals surface area (Å²) in [6.45, 7) is 9.51. The number of nitrogens with zero attached hydrogens (tertiary/aromatic N) is 3. The molecule has 3 aliphatic heterocycles. The Morgan fingerprint density at radius 2 is 1.73 bits per heavy atom. The minimum atomic E-state index is -0.860. The molecule has 0 spiro atoms. The van der Waals surface area contributed by atoms with Gasteiger partial charge in [-0.15, -0.1) is 0 Å². The number of ether oxygens (including phenoxy) is 3. The van der Waals surface area contributed by atoms with Gasteiger partial charge in [0.25, 0.3) is 0 Å². The number of aliphatic hydroxyl groups excluding tert-OH is 2. The minimum absolute atomic E-state index is 0.0579. The zero-order valence-corrected chi connectivity index (χ0v) is 27.0. The van der Waals surface area contributed by atoms with Gasteiger partial charge in [0.1, 0.15) is 18.8 Å². The fourth-order valence-electron chi connectivity index (χ4n) is 5.89.